The fourth-order valence-electron chi connectivity index (χ4n) is 1.27. The number of nitrogens with one attached hydrogen (secondary N) is 1. The average Bonchev–Trinajstić information content (AvgIpc) is 2.60. The van der Waals surface area contributed by atoms with Crippen LogP contribution in [0.1, 0.15) is 44.3 Å². The molecule has 14 heavy (non-hydrogen) atoms. The number of aromatic nitrogens is 2. The number of carbonyl (C=O) groups is 1. The van der Waals surface area contributed by atoms with Crippen molar-refractivity contribution in [1.82, 2.24) is 15.1 Å². The molecule has 0 saturated carbocycles. The first-order valence-corrected chi connectivity index (χ1v) is 4.90. The number of nitrogens with zero attached hydrogens (tertiary/aromatic N) is 2. The molecule has 1 heterocycles. The second-order valence-corrected chi connectivity index (χ2v) is 3.50. The van der Waals surface area contributed by atoms with Crippen LogP contribution in [-0.2, 0) is 6.54 Å². The molecule has 0 unspecified atom stereocenters. The third-order valence-corrected chi connectivity index (χ3v) is 2.15. The third-order valence-electron chi connectivity index (χ3n) is 2.15. The molecule has 1 rings (SSSR count). The number of hydrogen-bond donors (Lipinski definition) is 1. The van der Waals surface area contributed by atoms with Gasteiger partial charge in [-0.3, -0.25) is 9.48 Å². The maximum Gasteiger partial charge on any atom is 0.269 e. The van der Waals surface area contributed by atoms with Crippen LogP contribution in [0.2, 0.25) is 0 Å². The van der Waals surface area contributed by atoms with Crippen molar-refractivity contribution >= 4 is 5.91 Å². The highest BCUT2D eigenvalue weighted by Crippen LogP contribution is 2.14. The van der Waals surface area contributed by atoms with Gasteiger partial charge in [0.25, 0.3) is 5.91 Å². The lowest BCUT2D eigenvalue weighted by Gasteiger charge is -2.01. The Bertz CT molecular complexity index is 333. The molecule has 0 aromatic carbocycles. The first-order valence-electron chi connectivity index (χ1n) is 4.90. The predicted octanol–water partition coefficient (Wildman–Crippen LogP) is 1.63. The van der Waals surface area contributed by atoms with E-state index < -0.39 is 0 Å². The lowest BCUT2D eigenvalue weighted by molar-refractivity contribution is 0.0952. The summed E-state index contributed by atoms with van der Waals surface area (Å²) < 4.78 is 1.73. The van der Waals surface area contributed by atoms with Gasteiger partial charge < -0.3 is 5.32 Å². The predicted molar refractivity (Wildman–Crippen MR) is 57.5 cm³/mol. The topological polar surface area (TPSA) is 46.9 Å². The van der Waals surface area contributed by atoms with Gasteiger partial charge in [-0.25, -0.2) is 0 Å². The van der Waals surface area contributed by atoms with Crippen LogP contribution in [-0.4, -0.2) is 22.7 Å². The molecular weight excluding hydrogens is 178 g/mol. The number of carbonyl (C=O) groups excluding carboxylic acids is 1. The minimum atomic E-state index is -0.0775. The summed E-state index contributed by atoms with van der Waals surface area (Å²) in [7, 11) is 1.63. The molecule has 4 nitrogen and oxygen atoms in total. The first kappa shape index (κ1) is 10.8. The molecule has 0 spiro atoms. The van der Waals surface area contributed by atoms with Crippen molar-refractivity contribution in [1.29, 1.82) is 0 Å². The van der Waals surface area contributed by atoms with Crippen molar-refractivity contribution < 1.29 is 6.22 Å². The van der Waals surface area contributed by atoms with E-state index in [1.807, 2.05) is 13.0 Å². The Morgan fingerprint density at radius 1 is 1.71 bits per heavy atom. The van der Waals surface area contributed by atoms with Crippen molar-refractivity contribution in [3.05, 3.63) is 17.5 Å². The molecule has 0 aliphatic heterocycles. The van der Waals surface area contributed by atoms with E-state index >= 15 is 0 Å². The monoisotopic (exact) mass is 197 g/mol. The van der Waals surface area contributed by atoms with E-state index in [1.54, 1.807) is 11.7 Å². The van der Waals surface area contributed by atoms with Crippen molar-refractivity contribution in [2.75, 3.05) is 7.05 Å². The van der Waals surface area contributed by atoms with Crippen molar-refractivity contribution in [3.8, 4) is 0 Å². The van der Waals surface area contributed by atoms with E-state index in [0.29, 0.717) is 11.6 Å². The van der Waals surface area contributed by atoms with Gasteiger partial charge in [0.05, 0.1) is 5.69 Å². The Labute approximate surface area is 85.8 Å². The second-order valence-electron chi connectivity index (χ2n) is 3.50. The average molecular weight is 197 g/mol. The van der Waals surface area contributed by atoms with Crippen LogP contribution in [0.3, 0.4) is 0 Å². The second kappa shape index (κ2) is 4.26. The number of hydrogen-bond acceptors (Lipinski definition) is 2. The van der Waals surface area contributed by atoms with E-state index in [0.717, 1.165) is 12.2 Å². The molecule has 0 radical (unpaired) electrons. The van der Waals surface area contributed by atoms with Gasteiger partial charge in [-0.15, -0.1) is 0 Å². The molecule has 80 valence electrons. The molecule has 0 aliphatic carbocycles. The van der Waals surface area contributed by atoms with Gasteiger partial charge in [0.2, 0.25) is 0 Å². The quantitative estimate of drug-likeness (QED) is 0.800. The number of rotatable bonds is 3. The zero-order valence-corrected chi connectivity index (χ0v) is 9.16. The minimum absolute atomic E-state index is 0. The SMILES string of the molecule is CCn1nc(C(C)C)cc1C(=O)NC.[HH]. The smallest absolute Gasteiger partial charge is 0.269 e. The molecule has 0 fully saturated rings. The van der Waals surface area contributed by atoms with Gasteiger partial charge in [0.15, 0.2) is 0 Å². The Morgan fingerprint density at radius 3 is 2.79 bits per heavy atom. The molecule has 1 amide bonds. The number of amides is 1. The lowest BCUT2D eigenvalue weighted by Crippen LogP contribution is -2.21. The normalized spacial score (nSPS) is 10.6. The van der Waals surface area contributed by atoms with Gasteiger partial charge in [-0.1, -0.05) is 13.8 Å². The maximum absolute atomic E-state index is 11.5. The summed E-state index contributed by atoms with van der Waals surface area (Å²) in [5.41, 5.74) is 1.60. The Kier molecular flexibility index (Phi) is 3.28. The fourth-order valence-corrected chi connectivity index (χ4v) is 1.27. The summed E-state index contributed by atoms with van der Waals surface area (Å²) >= 11 is 0. The lowest BCUT2D eigenvalue weighted by atomic mass is 10.1. The van der Waals surface area contributed by atoms with E-state index in [9.17, 15) is 4.79 Å². The molecule has 1 N–H and O–H groups in total. The zero-order chi connectivity index (χ0) is 10.7. The maximum atomic E-state index is 11.5. The van der Waals surface area contributed by atoms with Crippen molar-refractivity contribution in [3.63, 3.8) is 0 Å². The molecular formula is C10H19N3O. The molecule has 1 aromatic rings. The largest absolute Gasteiger partial charge is 0.354 e. The Hall–Kier alpha value is -1.32. The van der Waals surface area contributed by atoms with E-state index in [-0.39, 0.29) is 7.33 Å². The van der Waals surface area contributed by atoms with Gasteiger partial charge in [-0.05, 0) is 18.9 Å². The Balaban J connectivity index is 0.00000196. The van der Waals surface area contributed by atoms with Crippen LogP contribution in [0.15, 0.2) is 6.07 Å². The summed E-state index contributed by atoms with van der Waals surface area (Å²) in [4.78, 5) is 11.5. The molecule has 4 heteroatoms. The summed E-state index contributed by atoms with van der Waals surface area (Å²) in [6.07, 6.45) is 0. The van der Waals surface area contributed by atoms with Gasteiger partial charge in [0, 0.05) is 15.0 Å². The summed E-state index contributed by atoms with van der Waals surface area (Å²) in [5, 5.41) is 6.96. The molecule has 0 aliphatic rings. The van der Waals surface area contributed by atoms with Gasteiger partial charge in [-0.2, -0.15) is 5.10 Å². The number of aryl methyl sites for hydroxylation is 1. The van der Waals surface area contributed by atoms with Crippen LogP contribution in [0.4, 0.5) is 0 Å². The standard InChI is InChI=1S/C10H17N3O.H2/c1-5-13-9(10(14)11-4)6-8(12-13)7(2)3;/h6-7H,5H2,1-4H3,(H,11,14);1H. The van der Waals surface area contributed by atoms with Crippen LogP contribution < -0.4 is 5.32 Å². The van der Waals surface area contributed by atoms with Crippen molar-refractivity contribution in [2.24, 2.45) is 0 Å². The molecule has 0 bridgehead atoms. The summed E-state index contributed by atoms with van der Waals surface area (Å²) in [6.45, 7) is 6.82. The minimum Gasteiger partial charge on any atom is -0.354 e. The Morgan fingerprint density at radius 2 is 2.36 bits per heavy atom. The summed E-state index contributed by atoms with van der Waals surface area (Å²) in [5.74, 6) is 0.275. The first-order chi connectivity index (χ1) is 6.60. The van der Waals surface area contributed by atoms with Gasteiger partial charge >= 0.3 is 0 Å². The molecule has 1 aromatic heterocycles. The highest BCUT2D eigenvalue weighted by molar-refractivity contribution is 5.92. The van der Waals surface area contributed by atoms with Crippen LogP contribution >= 0.6 is 0 Å². The van der Waals surface area contributed by atoms with E-state index in [4.69, 9.17) is 0 Å². The molecule has 0 atom stereocenters. The van der Waals surface area contributed by atoms with Crippen molar-refractivity contribution in [2.45, 2.75) is 33.2 Å². The van der Waals surface area contributed by atoms with Crippen LogP contribution in [0.25, 0.3) is 0 Å². The zero-order valence-electron chi connectivity index (χ0n) is 9.16. The fraction of sp³-hybridized carbons (Fsp3) is 0.600. The van der Waals surface area contributed by atoms with Crippen LogP contribution in [0.5, 0.6) is 0 Å². The highest BCUT2D eigenvalue weighted by atomic mass is 16.1. The molecule has 0 saturated heterocycles. The van der Waals surface area contributed by atoms with E-state index in [2.05, 4.69) is 24.3 Å². The van der Waals surface area contributed by atoms with E-state index in [1.165, 1.54) is 0 Å². The van der Waals surface area contributed by atoms with Gasteiger partial charge in [0.1, 0.15) is 5.69 Å². The van der Waals surface area contributed by atoms with Crippen LogP contribution in [0, 0.1) is 0 Å². The summed E-state index contributed by atoms with van der Waals surface area (Å²) in [6, 6.07) is 1.85. The highest BCUT2D eigenvalue weighted by Gasteiger charge is 2.14. The third kappa shape index (κ3) is 1.95.